The standard InChI is InChI=1S/C40H79NO16P2/c1-2-3-4-5-6-7-8-9-13-16-19-22-25-28-34(43)55-32(30-53-33(42)27-24-21-18-15-12-10-11-14-17-20-23-26-29-41)31-54-59(51,52)57-40-37(46)35(44)36(45)39(38(40)47)56-58(48,49)50/h32,35-40,44-47H,2-31,41H2,1H3,(H,51,52)(H2,48,49,50)/t32-,35+,36?,37?,38-,39-,40?/m1/s1. The second-order valence-corrected chi connectivity index (χ2v) is 18.5. The molecule has 4 unspecified atom stereocenters. The fourth-order valence-electron chi connectivity index (χ4n) is 7.04. The van der Waals surface area contributed by atoms with E-state index in [0.717, 1.165) is 64.3 Å². The van der Waals surface area contributed by atoms with Gasteiger partial charge in [-0.2, -0.15) is 0 Å². The van der Waals surface area contributed by atoms with Crippen molar-refractivity contribution in [2.45, 2.75) is 223 Å². The molecule has 1 aliphatic rings. The van der Waals surface area contributed by atoms with Crippen molar-refractivity contribution in [3.63, 3.8) is 0 Å². The lowest BCUT2D eigenvalue weighted by atomic mass is 9.85. The van der Waals surface area contributed by atoms with Crippen LogP contribution in [0.4, 0.5) is 0 Å². The van der Waals surface area contributed by atoms with Gasteiger partial charge in [0.25, 0.3) is 0 Å². The van der Waals surface area contributed by atoms with Crippen molar-refractivity contribution < 1.29 is 76.9 Å². The molecule has 0 amide bonds. The third-order valence-electron chi connectivity index (χ3n) is 10.5. The van der Waals surface area contributed by atoms with Gasteiger partial charge in [0.1, 0.15) is 43.2 Å². The Labute approximate surface area is 352 Å². The number of hydrogen-bond acceptors (Lipinski definition) is 14. The maximum Gasteiger partial charge on any atom is 0.472 e. The lowest BCUT2D eigenvalue weighted by Gasteiger charge is -2.43. The molecule has 350 valence electrons. The van der Waals surface area contributed by atoms with Gasteiger partial charge in [0.2, 0.25) is 0 Å². The quantitative estimate of drug-likeness (QED) is 0.0189. The second kappa shape index (κ2) is 33.5. The molecular weight excluding hydrogens is 812 g/mol. The van der Waals surface area contributed by atoms with Gasteiger partial charge in [0.05, 0.1) is 6.61 Å². The summed E-state index contributed by atoms with van der Waals surface area (Å²) >= 11 is 0. The van der Waals surface area contributed by atoms with Crippen LogP contribution in [0, 0.1) is 0 Å². The van der Waals surface area contributed by atoms with E-state index in [1.807, 2.05) is 0 Å². The fraction of sp³-hybridized carbons (Fsp3) is 0.950. The van der Waals surface area contributed by atoms with Crippen LogP contribution in [0.5, 0.6) is 0 Å². The van der Waals surface area contributed by atoms with Gasteiger partial charge in [-0.3, -0.25) is 23.2 Å². The SMILES string of the molecule is CCCCCCCCCCCCCCCC(=O)O[C@H](COC(=O)CCCCCCCCCCCCCCN)COP(=O)(O)OC1C(O)[C@@H](O)C(O)[C@@H](OP(=O)(O)O)[C@H]1O. The average molecular weight is 892 g/mol. The maximum atomic E-state index is 12.9. The summed E-state index contributed by atoms with van der Waals surface area (Å²) < 4.78 is 49.2. The first-order chi connectivity index (χ1) is 28.1. The molecule has 0 bridgehead atoms. The average Bonchev–Trinajstić information content (AvgIpc) is 3.18. The summed E-state index contributed by atoms with van der Waals surface area (Å²) in [6.45, 7) is 1.63. The van der Waals surface area contributed by atoms with Gasteiger partial charge in [-0.25, -0.2) is 9.13 Å². The van der Waals surface area contributed by atoms with Crippen molar-refractivity contribution in [2.24, 2.45) is 5.73 Å². The van der Waals surface area contributed by atoms with Crippen LogP contribution >= 0.6 is 15.6 Å². The maximum absolute atomic E-state index is 12.9. The molecule has 1 aliphatic carbocycles. The zero-order valence-electron chi connectivity index (χ0n) is 35.5. The Morgan fingerprint density at radius 3 is 1.34 bits per heavy atom. The third kappa shape index (κ3) is 28.3. The van der Waals surface area contributed by atoms with Gasteiger partial charge in [-0.1, -0.05) is 148 Å². The lowest BCUT2D eigenvalue weighted by Crippen LogP contribution is -2.64. The van der Waals surface area contributed by atoms with E-state index >= 15 is 0 Å². The van der Waals surface area contributed by atoms with E-state index < -0.39 is 83.5 Å². The summed E-state index contributed by atoms with van der Waals surface area (Å²) in [7, 11) is -10.7. The van der Waals surface area contributed by atoms with Crippen LogP contribution < -0.4 is 5.73 Å². The number of phosphoric ester groups is 2. The van der Waals surface area contributed by atoms with Crippen LogP contribution in [0.25, 0.3) is 0 Å². The van der Waals surface area contributed by atoms with E-state index in [-0.39, 0.29) is 12.8 Å². The highest BCUT2D eigenvalue weighted by atomic mass is 31.2. The van der Waals surface area contributed by atoms with E-state index in [1.54, 1.807) is 0 Å². The van der Waals surface area contributed by atoms with Gasteiger partial charge in [-0.05, 0) is 25.8 Å². The Morgan fingerprint density at radius 1 is 0.525 bits per heavy atom. The van der Waals surface area contributed by atoms with E-state index in [2.05, 4.69) is 11.4 Å². The van der Waals surface area contributed by atoms with Crippen molar-refractivity contribution in [2.75, 3.05) is 19.8 Å². The molecule has 1 fully saturated rings. The minimum atomic E-state index is -5.36. The first-order valence-corrected chi connectivity index (χ1v) is 25.3. The molecule has 9 N–H and O–H groups in total. The van der Waals surface area contributed by atoms with Crippen LogP contribution in [-0.4, -0.2) is 110 Å². The molecular formula is C40H79NO16P2. The van der Waals surface area contributed by atoms with Crippen LogP contribution in [0.2, 0.25) is 0 Å². The molecule has 0 aromatic carbocycles. The monoisotopic (exact) mass is 891 g/mol. The Balaban J connectivity index is 2.61. The van der Waals surface area contributed by atoms with Crippen LogP contribution in [0.1, 0.15) is 180 Å². The molecule has 8 atom stereocenters. The minimum Gasteiger partial charge on any atom is -0.462 e. The zero-order chi connectivity index (χ0) is 43.9. The van der Waals surface area contributed by atoms with Gasteiger partial charge < -0.3 is 50.3 Å². The number of phosphoric acid groups is 2. The topological polar surface area (TPSA) is 282 Å². The molecule has 0 aromatic heterocycles. The van der Waals surface area contributed by atoms with Crippen molar-refractivity contribution in [1.29, 1.82) is 0 Å². The molecule has 59 heavy (non-hydrogen) atoms. The second-order valence-electron chi connectivity index (χ2n) is 15.9. The largest absolute Gasteiger partial charge is 0.472 e. The van der Waals surface area contributed by atoms with Gasteiger partial charge >= 0.3 is 27.6 Å². The number of rotatable bonds is 38. The number of aliphatic hydroxyl groups is 4. The van der Waals surface area contributed by atoms with Crippen LogP contribution in [0.15, 0.2) is 0 Å². The van der Waals surface area contributed by atoms with Crippen molar-refractivity contribution >= 4 is 27.6 Å². The Kier molecular flexibility index (Phi) is 31.8. The highest BCUT2D eigenvalue weighted by Crippen LogP contribution is 2.49. The van der Waals surface area contributed by atoms with Gasteiger partial charge in [-0.15, -0.1) is 0 Å². The number of carbonyl (C=O) groups is 2. The molecule has 1 rings (SSSR count). The Bertz CT molecular complexity index is 1180. The number of nitrogens with two attached hydrogens (primary N) is 1. The molecule has 0 aromatic rings. The number of unbranched alkanes of at least 4 members (excludes halogenated alkanes) is 23. The molecule has 17 nitrogen and oxygen atoms in total. The van der Waals surface area contributed by atoms with Crippen LogP contribution in [0.3, 0.4) is 0 Å². The number of esters is 2. The summed E-state index contributed by atoms with van der Waals surface area (Å²) in [6, 6.07) is 0. The number of hydrogen-bond donors (Lipinski definition) is 8. The highest BCUT2D eigenvalue weighted by molar-refractivity contribution is 7.47. The molecule has 1 saturated carbocycles. The first kappa shape index (κ1) is 56.0. The lowest BCUT2D eigenvalue weighted by molar-refractivity contribution is -0.216. The first-order valence-electron chi connectivity index (χ1n) is 22.3. The molecule has 19 heteroatoms. The Morgan fingerprint density at radius 2 is 0.915 bits per heavy atom. The van der Waals surface area contributed by atoms with E-state index in [1.165, 1.54) is 89.9 Å². The van der Waals surface area contributed by atoms with Gasteiger partial charge in [0, 0.05) is 12.8 Å². The molecule has 0 saturated heterocycles. The highest BCUT2D eigenvalue weighted by Gasteiger charge is 2.54. The molecule has 0 spiro atoms. The summed E-state index contributed by atoms with van der Waals surface area (Å²) in [5.41, 5.74) is 5.53. The smallest absolute Gasteiger partial charge is 0.462 e. The number of aliphatic hydroxyl groups excluding tert-OH is 4. The zero-order valence-corrected chi connectivity index (χ0v) is 37.3. The van der Waals surface area contributed by atoms with Crippen molar-refractivity contribution in [3.8, 4) is 0 Å². The third-order valence-corrected chi connectivity index (χ3v) is 12.0. The summed E-state index contributed by atoms with van der Waals surface area (Å²) in [5, 5.41) is 41.1. The van der Waals surface area contributed by atoms with Crippen LogP contribution in [-0.2, 0) is 41.8 Å². The van der Waals surface area contributed by atoms with E-state index in [0.29, 0.717) is 12.8 Å². The van der Waals surface area contributed by atoms with Crippen molar-refractivity contribution in [3.05, 3.63) is 0 Å². The number of ether oxygens (including phenoxy) is 2. The molecule has 0 radical (unpaired) electrons. The van der Waals surface area contributed by atoms with Crippen molar-refractivity contribution in [1.82, 2.24) is 0 Å². The summed E-state index contributed by atoms with van der Waals surface area (Å²) in [6.07, 6.45) is 13.0. The van der Waals surface area contributed by atoms with E-state index in [4.69, 9.17) is 34.0 Å². The normalized spacial score (nSPS) is 22.5. The van der Waals surface area contributed by atoms with Gasteiger partial charge in [0.15, 0.2) is 6.10 Å². The minimum absolute atomic E-state index is 0.0475. The Hall–Kier alpha value is -1.04. The predicted molar refractivity (Wildman–Crippen MR) is 222 cm³/mol. The van der Waals surface area contributed by atoms with E-state index in [9.17, 15) is 44.0 Å². The predicted octanol–water partition coefficient (Wildman–Crippen LogP) is 6.39. The fourth-order valence-corrected chi connectivity index (χ4v) is 8.58. The molecule has 0 aliphatic heterocycles. The number of carbonyl (C=O) groups excluding carboxylic acids is 2. The summed E-state index contributed by atoms with van der Waals surface area (Å²) in [5.74, 6) is -1.21. The molecule has 0 heterocycles. The summed E-state index contributed by atoms with van der Waals surface area (Å²) in [4.78, 5) is 54.1.